The van der Waals surface area contributed by atoms with E-state index in [2.05, 4.69) is 9.97 Å². The summed E-state index contributed by atoms with van der Waals surface area (Å²) in [5.74, 6) is -0.656. The van der Waals surface area contributed by atoms with Crippen molar-refractivity contribution in [3.63, 3.8) is 0 Å². The Bertz CT molecular complexity index is 1310. The monoisotopic (exact) mass is 432 g/mol. The number of aromatic nitrogens is 4. The van der Waals surface area contributed by atoms with Crippen LogP contribution in [0.3, 0.4) is 0 Å². The van der Waals surface area contributed by atoms with Crippen LogP contribution in [0.2, 0.25) is 0 Å². The minimum atomic E-state index is -0.659. The number of benzene rings is 1. The van der Waals surface area contributed by atoms with E-state index in [9.17, 15) is 8.78 Å². The van der Waals surface area contributed by atoms with Gasteiger partial charge in [0, 0.05) is 47.1 Å². The van der Waals surface area contributed by atoms with Gasteiger partial charge in [-0.3, -0.25) is 4.98 Å². The second-order valence-corrected chi connectivity index (χ2v) is 8.19. The summed E-state index contributed by atoms with van der Waals surface area (Å²) in [4.78, 5) is 18.4. The molecule has 1 fully saturated rings. The molecule has 5 rings (SSSR count). The van der Waals surface area contributed by atoms with Crippen LogP contribution in [-0.2, 0) is 4.74 Å². The Hall–Kier alpha value is -3.32. The Kier molecular flexibility index (Phi) is 5.35. The average Bonchev–Trinajstić information content (AvgIpc) is 2.78. The highest BCUT2D eigenvalue weighted by atomic mass is 19.1. The van der Waals surface area contributed by atoms with E-state index in [1.165, 1.54) is 12.1 Å². The molecule has 32 heavy (non-hydrogen) atoms. The fraction of sp³-hybridized carbons (Fsp3) is 0.280. The van der Waals surface area contributed by atoms with Crippen molar-refractivity contribution in [3.8, 4) is 11.3 Å². The molecule has 0 bridgehead atoms. The number of ether oxygens (including phenoxy) is 1. The number of fused-ring (bicyclic) bond motifs is 1. The molecular weight excluding hydrogens is 410 g/mol. The van der Waals surface area contributed by atoms with Gasteiger partial charge in [-0.05, 0) is 68.7 Å². The minimum absolute atomic E-state index is 0.0243. The molecule has 0 unspecified atom stereocenters. The van der Waals surface area contributed by atoms with Crippen LogP contribution in [-0.4, -0.2) is 26.5 Å². The summed E-state index contributed by atoms with van der Waals surface area (Å²) in [6, 6.07) is 11.2. The first kappa shape index (κ1) is 20.6. The summed E-state index contributed by atoms with van der Waals surface area (Å²) in [5.41, 5.74) is 3.99. The summed E-state index contributed by atoms with van der Waals surface area (Å²) < 4.78 is 34.2. The number of hydrogen-bond acceptors (Lipinski definition) is 5. The molecule has 4 aromatic rings. The number of aryl methyl sites for hydroxylation is 2. The SMILES string of the molecule is Cc1cc([C@H]2C[C@@H](c3nc(-c4ccc(F)cc4F)c4ccc(C)nc4n3)CCO2)ccn1. The standard InChI is InChI=1S/C25H22F2N4O/c1-14-3-5-20-23(19-6-4-18(26)13-21(19)27)30-24(31-25(20)29-14)17-8-10-32-22(12-17)16-7-9-28-15(2)11-16/h3-7,9,11,13,17,22H,8,10,12H2,1-2H3/t17-,22+/m0/s1. The van der Waals surface area contributed by atoms with Gasteiger partial charge in [0.25, 0.3) is 0 Å². The summed E-state index contributed by atoms with van der Waals surface area (Å²) >= 11 is 0. The zero-order valence-electron chi connectivity index (χ0n) is 17.8. The fourth-order valence-corrected chi connectivity index (χ4v) is 4.22. The zero-order chi connectivity index (χ0) is 22.2. The van der Waals surface area contributed by atoms with Crippen LogP contribution in [0.25, 0.3) is 22.3 Å². The van der Waals surface area contributed by atoms with Crippen LogP contribution < -0.4 is 0 Å². The van der Waals surface area contributed by atoms with Gasteiger partial charge in [-0.2, -0.15) is 0 Å². The second kappa shape index (κ2) is 8.31. The van der Waals surface area contributed by atoms with Crippen molar-refractivity contribution >= 4 is 11.0 Å². The van der Waals surface area contributed by atoms with Crippen LogP contribution in [0.1, 0.15) is 47.6 Å². The third kappa shape index (κ3) is 3.96. The predicted octanol–water partition coefficient (Wildman–Crippen LogP) is 5.62. The molecule has 7 heteroatoms. The first-order valence-electron chi connectivity index (χ1n) is 10.6. The van der Waals surface area contributed by atoms with Crippen molar-refractivity contribution in [2.24, 2.45) is 0 Å². The average molecular weight is 432 g/mol. The van der Waals surface area contributed by atoms with E-state index in [1.54, 1.807) is 6.20 Å². The summed E-state index contributed by atoms with van der Waals surface area (Å²) in [7, 11) is 0. The maximum absolute atomic E-state index is 14.7. The minimum Gasteiger partial charge on any atom is -0.373 e. The lowest BCUT2D eigenvalue weighted by atomic mass is 9.91. The second-order valence-electron chi connectivity index (χ2n) is 8.19. The Morgan fingerprint density at radius 3 is 2.62 bits per heavy atom. The summed E-state index contributed by atoms with van der Waals surface area (Å²) in [5, 5.41) is 0.637. The zero-order valence-corrected chi connectivity index (χ0v) is 17.8. The van der Waals surface area contributed by atoms with Crippen molar-refractivity contribution in [2.75, 3.05) is 6.61 Å². The van der Waals surface area contributed by atoms with Crippen LogP contribution >= 0.6 is 0 Å². The topological polar surface area (TPSA) is 60.8 Å². The lowest BCUT2D eigenvalue weighted by Gasteiger charge is -2.29. The molecule has 1 aromatic carbocycles. The quantitative estimate of drug-likeness (QED) is 0.421. The maximum atomic E-state index is 14.7. The van der Waals surface area contributed by atoms with Crippen LogP contribution in [0.15, 0.2) is 48.7 Å². The highest BCUT2D eigenvalue weighted by Crippen LogP contribution is 2.38. The van der Waals surface area contributed by atoms with Gasteiger partial charge in [-0.15, -0.1) is 0 Å². The number of hydrogen-bond donors (Lipinski definition) is 0. The van der Waals surface area contributed by atoms with Gasteiger partial charge < -0.3 is 4.74 Å². The molecule has 0 saturated carbocycles. The molecular formula is C25H22F2N4O. The Morgan fingerprint density at radius 1 is 0.938 bits per heavy atom. The lowest BCUT2D eigenvalue weighted by molar-refractivity contribution is 0.00393. The van der Waals surface area contributed by atoms with Crippen molar-refractivity contribution in [2.45, 2.75) is 38.7 Å². The smallest absolute Gasteiger partial charge is 0.163 e. The molecule has 4 heterocycles. The third-order valence-corrected chi connectivity index (χ3v) is 5.84. The highest BCUT2D eigenvalue weighted by Gasteiger charge is 2.28. The fourth-order valence-electron chi connectivity index (χ4n) is 4.22. The van der Waals surface area contributed by atoms with E-state index in [0.717, 1.165) is 29.4 Å². The summed E-state index contributed by atoms with van der Waals surface area (Å²) in [6.45, 7) is 4.41. The van der Waals surface area contributed by atoms with Gasteiger partial charge in [-0.1, -0.05) is 0 Å². The molecule has 1 aliphatic heterocycles. The molecule has 0 N–H and O–H groups in total. The highest BCUT2D eigenvalue weighted by molar-refractivity contribution is 5.90. The molecule has 162 valence electrons. The largest absolute Gasteiger partial charge is 0.373 e. The van der Waals surface area contributed by atoms with Crippen molar-refractivity contribution in [1.82, 2.24) is 19.9 Å². The predicted molar refractivity (Wildman–Crippen MR) is 117 cm³/mol. The maximum Gasteiger partial charge on any atom is 0.163 e. The van der Waals surface area contributed by atoms with Gasteiger partial charge in [-0.25, -0.2) is 23.7 Å². The molecule has 2 atom stereocenters. The molecule has 1 aliphatic rings. The van der Waals surface area contributed by atoms with E-state index < -0.39 is 11.6 Å². The third-order valence-electron chi connectivity index (χ3n) is 5.84. The van der Waals surface area contributed by atoms with Gasteiger partial charge in [0.2, 0.25) is 0 Å². The van der Waals surface area contributed by atoms with Gasteiger partial charge in [0.15, 0.2) is 5.65 Å². The molecule has 3 aromatic heterocycles. The van der Waals surface area contributed by atoms with E-state index >= 15 is 0 Å². The Balaban J connectivity index is 1.59. The first-order valence-corrected chi connectivity index (χ1v) is 10.6. The molecule has 1 saturated heterocycles. The van der Waals surface area contributed by atoms with E-state index in [-0.39, 0.29) is 17.6 Å². The molecule has 0 spiro atoms. The van der Waals surface area contributed by atoms with E-state index in [0.29, 0.717) is 35.6 Å². The van der Waals surface area contributed by atoms with E-state index in [4.69, 9.17) is 14.7 Å². The number of pyridine rings is 2. The van der Waals surface area contributed by atoms with Crippen LogP contribution in [0, 0.1) is 25.5 Å². The number of rotatable bonds is 3. The number of halogens is 2. The van der Waals surface area contributed by atoms with Crippen molar-refractivity contribution in [3.05, 3.63) is 83.1 Å². The molecule has 5 nitrogen and oxygen atoms in total. The summed E-state index contributed by atoms with van der Waals surface area (Å²) in [6.07, 6.45) is 3.15. The first-order chi connectivity index (χ1) is 15.5. The molecule has 0 aliphatic carbocycles. The van der Waals surface area contributed by atoms with Crippen molar-refractivity contribution < 1.29 is 13.5 Å². The van der Waals surface area contributed by atoms with Gasteiger partial charge in [0.1, 0.15) is 17.5 Å². The molecule has 0 amide bonds. The van der Waals surface area contributed by atoms with E-state index in [1.807, 2.05) is 38.1 Å². The lowest BCUT2D eigenvalue weighted by Crippen LogP contribution is -2.21. The van der Waals surface area contributed by atoms with Gasteiger partial charge >= 0.3 is 0 Å². The van der Waals surface area contributed by atoms with Gasteiger partial charge in [0.05, 0.1) is 11.8 Å². The van der Waals surface area contributed by atoms with Crippen LogP contribution in [0.4, 0.5) is 8.78 Å². The molecule has 0 radical (unpaired) electrons. The normalized spacial score (nSPS) is 18.8. The number of nitrogens with zero attached hydrogens (tertiary/aromatic N) is 4. The van der Waals surface area contributed by atoms with Crippen LogP contribution in [0.5, 0.6) is 0 Å². The Morgan fingerprint density at radius 2 is 1.81 bits per heavy atom. The Labute approximate surface area is 184 Å². The van der Waals surface area contributed by atoms with Crippen molar-refractivity contribution in [1.29, 1.82) is 0 Å².